The van der Waals surface area contributed by atoms with Crippen LogP contribution in [0.4, 0.5) is 4.39 Å². The summed E-state index contributed by atoms with van der Waals surface area (Å²) in [7, 11) is -3.94. The summed E-state index contributed by atoms with van der Waals surface area (Å²) in [5.41, 5.74) is 0.819. The van der Waals surface area contributed by atoms with Crippen molar-refractivity contribution < 1.29 is 12.8 Å². The molecule has 0 N–H and O–H groups in total. The Morgan fingerprint density at radius 2 is 2.00 bits per heavy atom. The lowest BCUT2D eigenvalue weighted by atomic mass is 10.3. The van der Waals surface area contributed by atoms with E-state index in [1.165, 1.54) is 6.20 Å². The Morgan fingerprint density at radius 1 is 1.24 bits per heavy atom. The highest BCUT2D eigenvalue weighted by Crippen LogP contribution is 2.28. The molecule has 0 aliphatic carbocycles. The van der Waals surface area contributed by atoms with Crippen molar-refractivity contribution in [1.29, 1.82) is 0 Å². The van der Waals surface area contributed by atoms with Crippen LogP contribution in [0.3, 0.4) is 0 Å². The number of hydrogen-bond donors (Lipinski definition) is 0. The molecular formula is C14H10ClFN2O2S. The molecule has 0 saturated carbocycles. The van der Waals surface area contributed by atoms with Gasteiger partial charge in [0.15, 0.2) is 5.65 Å². The standard InChI is InChI=1S/C14H10ClFN2O2S/c1-9-7-10-3-2-6-17-14(10)18(9)21(19,20)13-5-4-11(16)8-12(13)15/h2-8H,1H3. The van der Waals surface area contributed by atoms with Gasteiger partial charge in [-0.1, -0.05) is 11.6 Å². The summed E-state index contributed by atoms with van der Waals surface area (Å²) in [5, 5.41) is 0.545. The topological polar surface area (TPSA) is 52.0 Å². The maximum absolute atomic E-state index is 13.1. The molecule has 7 heteroatoms. The lowest BCUT2D eigenvalue weighted by Crippen LogP contribution is -2.15. The zero-order chi connectivity index (χ0) is 15.2. The first-order valence-corrected chi connectivity index (χ1v) is 7.87. The van der Waals surface area contributed by atoms with Crippen molar-refractivity contribution in [1.82, 2.24) is 8.96 Å². The molecule has 4 nitrogen and oxygen atoms in total. The fourth-order valence-corrected chi connectivity index (χ4v) is 4.24. The van der Waals surface area contributed by atoms with E-state index in [0.717, 1.165) is 22.2 Å². The van der Waals surface area contributed by atoms with E-state index in [4.69, 9.17) is 11.6 Å². The quantitative estimate of drug-likeness (QED) is 0.726. The number of fused-ring (bicyclic) bond motifs is 1. The first-order valence-electron chi connectivity index (χ1n) is 6.05. The van der Waals surface area contributed by atoms with Crippen LogP contribution < -0.4 is 0 Å². The third-order valence-corrected chi connectivity index (χ3v) is 5.38. The van der Waals surface area contributed by atoms with Gasteiger partial charge in [-0.15, -0.1) is 0 Å². The Kier molecular flexibility index (Phi) is 3.22. The Morgan fingerprint density at radius 3 is 2.71 bits per heavy atom. The molecular weight excluding hydrogens is 315 g/mol. The smallest absolute Gasteiger partial charge is 0.237 e. The lowest BCUT2D eigenvalue weighted by molar-refractivity contribution is 0.586. The van der Waals surface area contributed by atoms with Crippen molar-refractivity contribution in [2.24, 2.45) is 0 Å². The van der Waals surface area contributed by atoms with Crippen LogP contribution in [0.15, 0.2) is 47.5 Å². The number of benzene rings is 1. The predicted octanol–water partition coefficient (Wildman–Crippen LogP) is 3.37. The molecule has 108 valence electrons. The molecule has 0 amide bonds. The monoisotopic (exact) mass is 324 g/mol. The van der Waals surface area contributed by atoms with Crippen LogP contribution in [0.1, 0.15) is 5.69 Å². The van der Waals surface area contributed by atoms with Crippen molar-refractivity contribution in [3.8, 4) is 0 Å². The van der Waals surface area contributed by atoms with E-state index in [2.05, 4.69) is 4.98 Å². The van der Waals surface area contributed by atoms with Gasteiger partial charge < -0.3 is 0 Å². The second-order valence-corrected chi connectivity index (χ2v) is 6.71. The van der Waals surface area contributed by atoms with Crippen molar-refractivity contribution in [2.75, 3.05) is 0 Å². The molecule has 3 rings (SSSR count). The van der Waals surface area contributed by atoms with Crippen molar-refractivity contribution in [3.63, 3.8) is 0 Å². The highest BCUT2D eigenvalue weighted by atomic mass is 35.5. The van der Waals surface area contributed by atoms with Crippen LogP contribution in [-0.2, 0) is 10.0 Å². The second kappa shape index (κ2) is 4.82. The van der Waals surface area contributed by atoms with Gasteiger partial charge in [0.1, 0.15) is 10.7 Å². The van der Waals surface area contributed by atoms with Crippen molar-refractivity contribution in [3.05, 3.63) is 59.1 Å². The maximum atomic E-state index is 13.1. The van der Waals surface area contributed by atoms with Crippen molar-refractivity contribution >= 4 is 32.7 Å². The largest absolute Gasteiger partial charge is 0.271 e. The van der Waals surface area contributed by atoms with Crippen LogP contribution in [0.2, 0.25) is 5.02 Å². The van der Waals surface area contributed by atoms with Gasteiger partial charge in [0, 0.05) is 17.3 Å². The highest BCUT2D eigenvalue weighted by Gasteiger charge is 2.24. The molecule has 0 radical (unpaired) electrons. The van der Waals surface area contributed by atoms with Crippen LogP contribution in [0.5, 0.6) is 0 Å². The van der Waals surface area contributed by atoms with Crippen LogP contribution >= 0.6 is 11.6 Å². The minimum Gasteiger partial charge on any atom is -0.237 e. The summed E-state index contributed by atoms with van der Waals surface area (Å²) in [6.07, 6.45) is 1.51. The third-order valence-electron chi connectivity index (χ3n) is 3.11. The number of aryl methyl sites for hydroxylation is 1. The number of halogens is 2. The Hall–Kier alpha value is -1.92. The van der Waals surface area contributed by atoms with Crippen LogP contribution in [-0.4, -0.2) is 17.4 Å². The van der Waals surface area contributed by atoms with Crippen molar-refractivity contribution in [2.45, 2.75) is 11.8 Å². The van der Waals surface area contributed by atoms with Crippen LogP contribution in [0, 0.1) is 12.7 Å². The molecule has 0 aliphatic heterocycles. The fraction of sp³-hybridized carbons (Fsp3) is 0.0714. The SMILES string of the molecule is Cc1cc2cccnc2n1S(=O)(=O)c1ccc(F)cc1Cl. The molecule has 0 saturated heterocycles. The van der Waals surface area contributed by atoms with Gasteiger partial charge in [-0.25, -0.2) is 21.8 Å². The zero-order valence-corrected chi connectivity index (χ0v) is 12.5. The van der Waals surface area contributed by atoms with E-state index >= 15 is 0 Å². The molecule has 0 atom stereocenters. The maximum Gasteiger partial charge on any atom is 0.271 e. The number of pyridine rings is 1. The first-order chi connectivity index (χ1) is 9.91. The predicted molar refractivity (Wildman–Crippen MR) is 78.5 cm³/mol. The average molecular weight is 325 g/mol. The summed E-state index contributed by atoms with van der Waals surface area (Å²) in [5.74, 6) is -0.592. The van der Waals surface area contributed by atoms with Gasteiger partial charge in [0.25, 0.3) is 10.0 Å². The van der Waals surface area contributed by atoms with Gasteiger partial charge in [0.05, 0.1) is 5.02 Å². The minimum absolute atomic E-state index is 0.156. The molecule has 3 aromatic rings. The molecule has 21 heavy (non-hydrogen) atoms. The van der Waals surface area contributed by atoms with E-state index in [1.807, 2.05) is 0 Å². The van der Waals surface area contributed by atoms with Gasteiger partial charge in [0.2, 0.25) is 0 Å². The van der Waals surface area contributed by atoms with Gasteiger partial charge >= 0.3 is 0 Å². The number of hydrogen-bond acceptors (Lipinski definition) is 3. The molecule has 2 heterocycles. The Bertz CT molecular complexity index is 951. The molecule has 0 spiro atoms. The van der Waals surface area contributed by atoms with E-state index in [1.54, 1.807) is 25.1 Å². The number of nitrogens with zero attached hydrogens (tertiary/aromatic N) is 2. The summed E-state index contributed by atoms with van der Waals surface area (Å²) >= 11 is 5.88. The number of aromatic nitrogens is 2. The van der Waals surface area contributed by atoms with Gasteiger partial charge in [-0.05, 0) is 43.3 Å². The summed E-state index contributed by atoms with van der Waals surface area (Å²) in [4.78, 5) is 3.95. The normalized spacial score (nSPS) is 12.0. The van der Waals surface area contributed by atoms with E-state index in [-0.39, 0.29) is 9.92 Å². The van der Waals surface area contributed by atoms with E-state index in [9.17, 15) is 12.8 Å². The second-order valence-electron chi connectivity index (χ2n) is 4.55. The Labute approximate surface area is 125 Å². The first kappa shape index (κ1) is 14.0. The lowest BCUT2D eigenvalue weighted by Gasteiger charge is -2.10. The zero-order valence-electron chi connectivity index (χ0n) is 10.9. The molecule has 0 aliphatic rings. The third kappa shape index (κ3) is 2.20. The Balaban J connectivity index is 2.33. The highest BCUT2D eigenvalue weighted by molar-refractivity contribution is 7.90. The minimum atomic E-state index is -3.94. The molecule has 0 bridgehead atoms. The number of rotatable bonds is 2. The molecule has 0 unspecified atom stereocenters. The average Bonchev–Trinajstić information content (AvgIpc) is 2.74. The van der Waals surface area contributed by atoms with Crippen LogP contribution in [0.25, 0.3) is 11.0 Å². The van der Waals surface area contributed by atoms with E-state index in [0.29, 0.717) is 16.7 Å². The summed E-state index contributed by atoms with van der Waals surface area (Å²) < 4.78 is 39.8. The molecule has 1 aromatic carbocycles. The summed E-state index contributed by atoms with van der Waals surface area (Å²) in [6.45, 7) is 1.66. The molecule has 0 fully saturated rings. The van der Waals surface area contributed by atoms with E-state index < -0.39 is 15.8 Å². The van der Waals surface area contributed by atoms with Gasteiger partial charge in [-0.3, -0.25) is 0 Å². The molecule has 2 aromatic heterocycles. The van der Waals surface area contributed by atoms with Gasteiger partial charge in [-0.2, -0.15) is 0 Å². The fourth-order valence-electron chi connectivity index (χ4n) is 2.23. The summed E-state index contributed by atoms with van der Waals surface area (Å²) in [6, 6.07) is 8.41.